The fraction of sp³-hybridized carbons (Fsp3) is 0.333. The van der Waals surface area contributed by atoms with Gasteiger partial charge in [-0.05, 0) is 17.7 Å². The first kappa shape index (κ1) is 11.6. The Kier molecular flexibility index (Phi) is 3.41. The molecule has 0 amide bonds. The Labute approximate surface area is 84.0 Å². The van der Waals surface area contributed by atoms with E-state index in [1.165, 1.54) is 19.2 Å². The van der Waals surface area contributed by atoms with Gasteiger partial charge in [0.25, 0.3) is 0 Å². The topological polar surface area (TPSA) is 38.7 Å². The van der Waals surface area contributed by atoms with E-state index in [0.717, 1.165) is 6.07 Å². The summed E-state index contributed by atoms with van der Waals surface area (Å²) < 4.78 is 44.2. The molecule has 1 N–H and O–H groups in total. The molecule has 84 valence electrons. The summed E-state index contributed by atoms with van der Waals surface area (Å²) in [7, 11) is 1.22. The molecular formula is C9H9F3O3. The maximum Gasteiger partial charge on any atom is 0.573 e. The second kappa shape index (κ2) is 4.39. The lowest BCUT2D eigenvalue weighted by Crippen LogP contribution is -2.17. The minimum Gasteiger partial charge on any atom is -0.493 e. The molecule has 0 aliphatic carbocycles. The standard InChI is InChI=1S/C9H9F3O3/c1-14-8-4-6(5-13)2-3-7(8)15-9(10,11)12/h2-4,13H,5H2,1H3. The summed E-state index contributed by atoms with van der Waals surface area (Å²) in [5.41, 5.74) is 0.446. The van der Waals surface area contributed by atoms with Crippen molar-refractivity contribution in [2.45, 2.75) is 13.0 Å². The largest absolute Gasteiger partial charge is 0.573 e. The van der Waals surface area contributed by atoms with Crippen molar-refractivity contribution in [1.29, 1.82) is 0 Å². The van der Waals surface area contributed by atoms with Gasteiger partial charge in [0.2, 0.25) is 0 Å². The quantitative estimate of drug-likeness (QED) is 0.850. The number of ether oxygens (including phenoxy) is 2. The third-order valence-electron chi connectivity index (χ3n) is 1.64. The summed E-state index contributed by atoms with van der Waals surface area (Å²) in [6.07, 6.45) is -4.76. The molecule has 1 aromatic rings. The summed E-state index contributed by atoms with van der Waals surface area (Å²) in [5, 5.41) is 8.76. The summed E-state index contributed by atoms with van der Waals surface area (Å²) in [6.45, 7) is -0.275. The van der Waals surface area contributed by atoms with Gasteiger partial charge in [0, 0.05) is 0 Å². The Morgan fingerprint density at radius 2 is 1.93 bits per heavy atom. The first-order valence-corrected chi connectivity index (χ1v) is 4.00. The molecule has 0 aliphatic rings. The molecule has 0 saturated heterocycles. The van der Waals surface area contributed by atoms with E-state index in [1.54, 1.807) is 0 Å². The number of hydrogen-bond acceptors (Lipinski definition) is 3. The van der Waals surface area contributed by atoms with E-state index in [4.69, 9.17) is 9.84 Å². The summed E-state index contributed by atoms with van der Waals surface area (Å²) >= 11 is 0. The molecule has 0 fully saturated rings. The minimum atomic E-state index is -4.76. The smallest absolute Gasteiger partial charge is 0.493 e. The van der Waals surface area contributed by atoms with Crippen molar-refractivity contribution >= 4 is 0 Å². The van der Waals surface area contributed by atoms with Crippen molar-refractivity contribution < 1.29 is 27.8 Å². The number of hydrogen-bond donors (Lipinski definition) is 1. The maximum atomic E-state index is 11.9. The van der Waals surface area contributed by atoms with E-state index in [9.17, 15) is 13.2 Å². The average Bonchev–Trinajstić information content (AvgIpc) is 2.16. The lowest BCUT2D eigenvalue weighted by Gasteiger charge is -2.12. The zero-order valence-corrected chi connectivity index (χ0v) is 7.84. The van der Waals surface area contributed by atoms with Gasteiger partial charge in [-0.3, -0.25) is 0 Å². The Balaban J connectivity index is 2.97. The third-order valence-corrected chi connectivity index (χ3v) is 1.64. The number of benzene rings is 1. The van der Waals surface area contributed by atoms with Crippen LogP contribution in [0.1, 0.15) is 5.56 Å². The predicted molar refractivity (Wildman–Crippen MR) is 45.6 cm³/mol. The van der Waals surface area contributed by atoms with Crippen molar-refractivity contribution in [2.75, 3.05) is 7.11 Å². The summed E-state index contributed by atoms with van der Waals surface area (Å²) in [5.74, 6) is -0.499. The number of aliphatic hydroxyl groups is 1. The molecule has 0 aromatic heterocycles. The zero-order chi connectivity index (χ0) is 11.5. The van der Waals surface area contributed by atoms with Crippen LogP contribution in [-0.4, -0.2) is 18.6 Å². The molecular weight excluding hydrogens is 213 g/mol. The predicted octanol–water partition coefficient (Wildman–Crippen LogP) is 2.09. The van der Waals surface area contributed by atoms with E-state index in [0.29, 0.717) is 5.56 Å². The highest BCUT2D eigenvalue weighted by molar-refractivity contribution is 5.42. The molecule has 1 rings (SSSR count). The Morgan fingerprint density at radius 1 is 1.27 bits per heavy atom. The van der Waals surface area contributed by atoms with Crippen molar-refractivity contribution in [3.63, 3.8) is 0 Å². The Bertz CT molecular complexity index is 336. The van der Waals surface area contributed by atoms with Gasteiger partial charge in [-0.2, -0.15) is 0 Å². The van der Waals surface area contributed by atoms with Crippen LogP contribution in [0.15, 0.2) is 18.2 Å². The summed E-state index contributed by atoms with van der Waals surface area (Å²) in [6, 6.07) is 3.70. The van der Waals surface area contributed by atoms with Crippen LogP contribution in [0.4, 0.5) is 13.2 Å². The number of halogens is 3. The van der Waals surface area contributed by atoms with Crippen LogP contribution in [-0.2, 0) is 6.61 Å². The summed E-state index contributed by atoms with van der Waals surface area (Å²) in [4.78, 5) is 0. The molecule has 0 aliphatic heterocycles. The lowest BCUT2D eigenvalue weighted by molar-refractivity contribution is -0.275. The molecule has 6 heteroatoms. The Hall–Kier alpha value is -1.43. The van der Waals surface area contributed by atoms with E-state index in [1.807, 2.05) is 0 Å². The number of rotatable bonds is 3. The first-order chi connectivity index (χ1) is 6.96. The molecule has 0 unspecified atom stereocenters. The van der Waals surface area contributed by atoms with Crippen LogP contribution >= 0.6 is 0 Å². The highest BCUT2D eigenvalue weighted by atomic mass is 19.4. The maximum absolute atomic E-state index is 11.9. The van der Waals surface area contributed by atoms with E-state index < -0.39 is 12.1 Å². The minimum absolute atomic E-state index is 0.0705. The molecule has 15 heavy (non-hydrogen) atoms. The molecule has 0 atom stereocenters. The van der Waals surface area contributed by atoms with Gasteiger partial charge in [0.05, 0.1) is 13.7 Å². The van der Waals surface area contributed by atoms with Gasteiger partial charge in [0.15, 0.2) is 11.5 Å². The molecule has 0 heterocycles. The number of aliphatic hydroxyl groups excluding tert-OH is 1. The van der Waals surface area contributed by atoms with Gasteiger partial charge >= 0.3 is 6.36 Å². The third kappa shape index (κ3) is 3.32. The Morgan fingerprint density at radius 3 is 2.40 bits per heavy atom. The molecule has 0 radical (unpaired) electrons. The molecule has 0 saturated carbocycles. The first-order valence-electron chi connectivity index (χ1n) is 4.00. The van der Waals surface area contributed by atoms with Crippen LogP contribution in [0.3, 0.4) is 0 Å². The SMILES string of the molecule is COc1cc(CO)ccc1OC(F)(F)F. The van der Waals surface area contributed by atoms with Crippen LogP contribution in [0.5, 0.6) is 11.5 Å². The van der Waals surface area contributed by atoms with E-state index >= 15 is 0 Å². The molecule has 0 spiro atoms. The highest BCUT2D eigenvalue weighted by Gasteiger charge is 2.32. The average molecular weight is 222 g/mol. The van der Waals surface area contributed by atoms with Crippen molar-refractivity contribution in [2.24, 2.45) is 0 Å². The number of methoxy groups -OCH3 is 1. The molecule has 3 nitrogen and oxygen atoms in total. The van der Waals surface area contributed by atoms with Gasteiger partial charge in [-0.25, -0.2) is 0 Å². The van der Waals surface area contributed by atoms with Gasteiger partial charge < -0.3 is 14.6 Å². The normalized spacial score (nSPS) is 11.3. The lowest BCUT2D eigenvalue weighted by atomic mass is 10.2. The van der Waals surface area contributed by atoms with Gasteiger partial charge in [-0.15, -0.1) is 13.2 Å². The van der Waals surface area contributed by atoms with Crippen molar-refractivity contribution in [3.05, 3.63) is 23.8 Å². The van der Waals surface area contributed by atoms with Crippen molar-refractivity contribution in [1.82, 2.24) is 0 Å². The monoisotopic (exact) mass is 222 g/mol. The van der Waals surface area contributed by atoms with Crippen LogP contribution < -0.4 is 9.47 Å². The number of alkyl halides is 3. The second-order valence-electron chi connectivity index (χ2n) is 2.69. The molecule has 1 aromatic carbocycles. The van der Waals surface area contributed by atoms with Crippen molar-refractivity contribution in [3.8, 4) is 11.5 Å². The van der Waals surface area contributed by atoms with Gasteiger partial charge in [0.1, 0.15) is 0 Å². The van der Waals surface area contributed by atoms with Crippen LogP contribution in [0.2, 0.25) is 0 Å². The fourth-order valence-electron chi connectivity index (χ4n) is 1.02. The highest BCUT2D eigenvalue weighted by Crippen LogP contribution is 2.32. The second-order valence-corrected chi connectivity index (χ2v) is 2.69. The fourth-order valence-corrected chi connectivity index (χ4v) is 1.02. The van der Waals surface area contributed by atoms with Crippen LogP contribution in [0.25, 0.3) is 0 Å². The van der Waals surface area contributed by atoms with Gasteiger partial charge in [-0.1, -0.05) is 6.07 Å². The van der Waals surface area contributed by atoms with E-state index in [-0.39, 0.29) is 12.4 Å². The van der Waals surface area contributed by atoms with Crippen LogP contribution in [0, 0.1) is 0 Å². The zero-order valence-electron chi connectivity index (χ0n) is 7.84. The molecule has 0 bridgehead atoms. The van der Waals surface area contributed by atoms with E-state index in [2.05, 4.69) is 4.74 Å².